The molecule has 2 atom stereocenters. The molecule has 6 heteroatoms. The molecule has 1 unspecified atom stereocenters. The topological polar surface area (TPSA) is 72.8 Å². The van der Waals surface area contributed by atoms with Crippen LogP contribution in [0.1, 0.15) is 139 Å². The van der Waals surface area contributed by atoms with E-state index in [0.29, 0.717) is 37.2 Å². The van der Waals surface area contributed by atoms with Gasteiger partial charge in [0.05, 0.1) is 12.2 Å². The molecule has 0 aliphatic heterocycles. The molecule has 1 N–H and O–H groups in total. The van der Waals surface area contributed by atoms with Gasteiger partial charge in [-0.15, -0.1) is 0 Å². The van der Waals surface area contributed by atoms with Crippen LogP contribution in [-0.4, -0.2) is 29.3 Å². The van der Waals surface area contributed by atoms with Crippen molar-refractivity contribution in [3.05, 3.63) is 59.7 Å². The van der Waals surface area contributed by atoms with Crippen LogP contribution < -0.4 is 9.47 Å². The lowest BCUT2D eigenvalue weighted by Crippen LogP contribution is -2.44. The first-order valence-electron chi connectivity index (χ1n) is 17.3. The van der Waals surface area contributed by atoms with Gasteiger partial charge in [-0.3, -0.25) is 0 Å². The number of rotatable bonds is 21. The standard InChI is InChI=1S/C38H55FO5/c1-3-5-6-7-8-9-10-11-15-28-43-34-26-22-32(23-27-34)36(40)44-35-24-20-31(21-25-35)19-18-30(4-2)29-38(39,37(41)42)33-16-13-12-14-17-33/h20-27,30,33H,3-19,28-29H2,1-2H3,(H,41,42)/t30?,38-/m0/s1. The molecule has 1 aliphatic carbocycles. The molecule has 0 bridgehead atoms. The number of alkyl halides is 1. The molecule has 0 spiro atoms. The number of aryl methyl sites for hydroxylation is 1. The first kappa shape index (κ1) is 35.6. The Hall–Kier alpha value is -2.89. The largest absolute Gasteiger partial charge is 0.494 e. The van der Waals surface area contributed by atoms with Gasteiger partial charge in [0.1, 0.15) is 11.5 Å². The molecule has 1 saturated carbocycles. The number of hydrogen-bond acceptors (Lipinski definition) is 4. The molecule has 0 heterocycles. The Kier molecular flexibility index (Phi) is 15.8. The number of hydrogen-bond donors (Lipinski definition) is 1. The van der Waals surface area contributed by atoms with Gasteiger partial charge in [0.25, 0.3) is 0 Å². The van der Waals surface area contributed by atoms with Crippen LogP contribution in [0.15, 0.2) is 48.5 Å². The van der Waals surface area contributed by atoms with Crippen molar-refractivity contribution in [3.63, 3.8) is 0 Å². The van der Waals surface area contributed by atoms with Crippen molar-refractivity contribution < 1.29 is 28.6 Å². The van der Waals surface area contributed by atoms with Crippen molar-refractivity contribution in [2.75, 3.05) is 6.61 Å². The molecule has 44 heavy (non-hydrogen) atoms. The van der Waals surface area contributed by atoms with E-state index in [-0.39, 0.29) is 18.3 Å². The van der Waals surface area contributed by atoms with Gasteiger partial charge >= 0.3 is 11.9 Å². The van der Waals surface area contributed by atoms with Crippen molar-refractivity contribution in [2.24, 2.45) is 11.8 Å². The van der Waals surface area contributed by atoms with Crippen LogP contribution >= 0.6 is 0 Å². The predicted octanol–water partition coefficient (Wildman–Crippen LogP) is 10.5. The summed E-state index contributed by atoms with van der Waals surface area (Å²) in [4.78, 5) is 24.7. The number of carboxylic acid groups (broad SMARTS) is 1. The van der Waals surface area contributed by atoms with Crippen LogP contribution in [0.25, 0.3) is 0 Å². The lowest BCUT2D eigenvalue weighted by Gasteiger charge is -2.35. The van der Waals surface area contributed by atoms with Crippen molar-refractivity contribution in [1.29, 1.82) is 0 Å². The fourth-order valence-corrected chi connectivity index (χ4v) is 6.41. The van der Waals surface area contributed by atoms with Gasteiger partial charge in [-0.25, -0.2) is 14.0 Å². The number of halogens is 1. The summed E-state index contributed by atoms with van der Waals surface area (Å²) in [5.41, 5.74) is -0.633. The second-order valence-electron chi connectivity index (χ2n) is 12.8. The minimum Gasteiger partial charge on any atom is -0.494 e. The highest BCUT2D eigenvalue weighted by atomic mass is 19.1. The summed E-state index contributed by atoms with van der Waals surface area (Å²) in [6.07, 6.45) is 17.9. The van der Waals surface area contributed by atoms with E-state index in [0.717, 1.165) is 49.8 Å². The van der Waals surface area contributed by atoms with Gasteiger partial charge in [-0.05, 0) is 86.4 Å². The molecule has 244 valence electrons. The molecule has 3 rings (SSSR count). The van der Waals surface area contributed by atoms with Crippen molar-refractivity contribution in [2.45, 2.75) is 135 Å². The van der Waals surface area contributed by atoms with Crippen LogP contribution in [-0.2, 0) is 11.2 Å². The molecule has 2 aromatic rings. The van der Waals surface area contributed by atoms with Gasteiger partial charge < -0.3 is 14.6 Å². The summed E-state index contributed by atoms with van der Waals surface area (Å²) < 4.78 is 27.2. The van der Waals surface area contributed by atoms with Crippen molar-refractivity contribution in [3.8, 4) is 11.5 Å². The van der Waals surface area contributed by atoms with Gasteiger partial charge in [0, 0.05) is 5.92 Å². The first-order valence-corrected chi connectivity index (χ1v) is 17.3. The zero-order valence-corrected chi connectivity index (χ0v) is 27.2. The summed E-state index contributed by atoms with van der Waals surface area (Å²) in [6.45, 7) is 4.93. The number of esters is 1. The molecular formula is C38H55FO5. The van der Waals surface area contributed by atoms with Crippen molar-refractivity contribution >= 4 is 11.9 Å². The number of carbonyl (C=O) groups excluding carboxylic acids is 1. The summed E-state index contributed by atoms with van der Waals surface area (Å²) in [7, 11) is 0. The quantitative estimate of drug-likeness (QED) is 0.0865. The monoisotopic (exact) mass is 610 g/mol. The highest BCUT2D eigenvalue weighted by Gasteiger charge is 2.47. The van der Waals surface area contributed by atoms with E-state index < -0.39 is 17.6 Å². The predicted molar refractivity (Wildman–Crippen MR) is 175 cm³/mol. The van der Waals surface area contributed by atoms with Gasteiger partial charge in [-0.2, -0.15) is 0 Å². The smallest absolute Gasteiger partial charge is 0.343 e. The number of ether oxygens (including phenoxy) is 2. The molecule has 0 saturated heterocycles. The van der Waals surface area contributed by atoms with E-state index in [1.807, 2.05) is 31.2 Å². The Bertz CT molecular complexity index is 1090. The third kappa shape index (κ3) is 11.9. The maximum Gasteiger partial charge on any atom is 0.343 e. The van der Waals surface area contributed by atoms with E-state index >= 15 is 4.39 Å². The molecule has 1 aliphatic rings. The molecule has 0 aromatic heterocycles. The third-order valence-electron chi connectivity index (χ3n) is 9.35. The number of carbonyl (C=O) groups is 2. The molecule has 1 fully saturated rings. The zero-order chi connectivity index (χ0) is 31.6. The highest BCUT2D eigenvalue weighted by molar-refractivity contribution is 5.91. The Morgan fingerprint density at radius 1 is 0.841 bits per heavy atom. The van der Waals surface area contributed by atoms with Crippen LogP contribution in [0.2, 0.25) is 0 Å². The van der Waals surface area contributed by atoms with E-state index in [4.69, 9.17) is 9.47 Å². The van der Waals surface area contributed by atoms with Crippen molar-refractivity contribution in [1.82, 2.24) is 0 Å². The summed E-state index contributed by atoms with van der Waals surface area (Å²) in [6, 6.07) is 14.4. The summed E-state index contributed by atoms with van der Waals surface area (Å²) in [5, 5.41) is 9.78. The van der Waals surface area contributed by atoms with E-state index in [1.54, 1.807) is 24.3 Å². The molecule has 0 radical (unpaired) electrons. The molecule has 5 nitrogen and oxygen atoms in total. The lowest BCUT2D eigenvalue weighted by molar-refractivity contribution is -0.158. The zero-order valence-electron chi connectivity index (χ0n) is 27.2. The second-order valence-corrected chi connectivity index (χ2v) is 12.8. The average molecular weight is 611 g/mol. The number of benzene rings is 2. The van der Waals surface area contributed by atoms with E-state index in [1.165, 1.54) is 51.4 Å². The van der Waals surface area contributed by atoms with Crippen LogP contribution in [0, 0.1) is 11.8 Å². The molecular weight excluding hydrogens is 555 g/mol. The lowest BCUT2D eigenvalue weighted by atomic mass is 9.73. The Balaban J connectivity index is 1.38. The minimum atomic E-state index is -2.14. The molecule has 0 amide bonds. The SMILES string of the molecule is CCCCCCCCCCCOc1ccc(C(=O)Oc2ccc(CCC(CC)C[C@@](F)(C(=O)O)C3CCCCC3)cc2)cc1. The van der Waals surface area contributed by atoms with E-state index in [2.05, 4.69) is 6.92 Å². The number of aliphatic carboxylic acids is 1. The first-order chi connectivity index (χ1) is 21.4. The van der Waals surface area contributed by atoms with Crippen LogP contribution in [0.5, 0.6) is 11.5 Å². The average Bonchev–Trinajstić information content (AvgIpc) is 3.05. The normalized spacial score (nSPS) is 15.8. The summed E-state index contributed by atoms with van der Waals surface area (Å²) >= 11 is 0. The van der Waals surface area contributed by atoms with E-state index in [9.17, 15) is 14.7 Å². The number of unbranched alkanes of at least 4 members (excludes halogenated alkanes) is 8. The van der Waals surface area contributed by atoms with Gasteiger partial charge in [-0.1, -0.05) is 103 Å². The fraction of sp³-hybridized carbons (Fsp3) is 0.632. The van der Waals surface area contributed by atoms with Crippen LogP contribution in [0.4, 0.5) is 4.39 Å². The highest BCUT2D eigenvalue weighted by Crippen LogP contribution is 2.41. The van der Waals surface area contributed by atoms with Gasteiger partial charge in [0.15, 0.2) is 0 Å². The Labute approximate surface area is 264 Å². The molecule has 2 aromatic carbocycles. The van der Waals surface area contributed by atoms with Crippen LogP contribution in [0.3, 0.4) is 0 Å². The fourth-order valence-electron chi connectivity index (χ4n) is 6.41. The second kappa shape index (κ2) is 19.5. The third-order valence-corrected chi connectivity index (χ3v) is 9.35. The number of carboxylic acids is 1. The Morgan fingerprint density at radius 3 is 2.02 bits per heavy atom. The Morgan fingerprint density at radius 2 is 1.43 bits per heavy atom. The summed E-state index contributed by atoms with van der Waals surface area (Å²) in [5.74, 6) is -0.904. The maximum absolute atomic E-state index is 15.8. The minimum absolute atomic E-state index is 0.00686. The maximum atomic E-state index is 15.8. The van der Waals surface area contributed by atoms with Gasteiger partial charge in [0.2, 0.25) is 5.67 Å².